The monoisotopic (exact) mass is 201 g/mol. The van der Waals surface area contributed by atoms with Crippen molar-refractivity contribution in [2.45, 2.75) is 0 Å². The molecule has 2 N–H and O–H groups in total. The first-order valence-corrected chi connectivity index (χ1v) is 4.02. The number of carbonyl (C=O) groups is 1. The minimum absolute atomic E-state index is 0.00154. The van der Waals surface area contributed by atoms with Crippen LogP contribution in [0.4, 0.5) is 5.69 Å². The fraction of sp³-hybridized carbons (Fsp3) is 0.222. The number of hydrogen-bond donors (Lipinski definition) is 1. The Bertz CT molecular complexity index is 239. The van der Waals surface area contributed by atoms with Gasteiger partial charge in [0.2, 0.25) is 5.24 Å². The van der Waals surface area contributed by atoms with Gasteiger partial charge in [0.05, 0.1) is 0 Å². The lowest BCUT2D eigenvalue weighted by Gasteiger charge is -1.83. The highest BCUT2D eigenvalue weighted by Crippen LogP contribution is 1.95. The van der Waals surface area contributed by atoms with Crippen molar-refractivity contribution in [3.63, 3.8) is 0 Å². The van der Waals surface area contributed by atoms with Gasteiger partial charge in [-0.25, -0.2) is 0 Å². The van der Waals surface area contributed by atoms with Gasteiger partial charge in [0.15, 0.2) is 0 Å². The van der Waals surface area contributed by atoms with Crippen molar-refractivity contribution in [1.82, 2.24) is 0 Å². The average molecular weight is 202 g/mol. The van der Waals surface area contributed by atoms with Crippen LogP contribution >= 0.6 is 11.6 Å². The quantitative estimate of drug-likeness (QED) is 0.585. The van der Waals surface area contributed by atoms with Crippen molar-refractivity contribution in [3.05, 3.63) is 30.3 Å². The van der Waals surface area contributed by atoms with Crippen LogP contribution in [-0.2, 0) is 9.53 Å². The third kappa shape index (κ3) is 8.85. The van der Waals surface area contributed by atoms with Gasteiger partial charge in [-0.3, -0.25) is 4.79 Å². The number of benzene rings is 1. The fourth-order valence-electron chi connectivity index (χ4n) is 0.567. The SMILES string of the molecule is COCC(=O)Cl.Nc1ccccc1. The summed E-state index contributed by atoms with van der Waals surface area (Å²) in [6.07, 6.45) is 0. The Balaban J connectivity index is 0.000000226. The Morgan fingerprint density at radius 1 is 1.46 bits per heavy atom. The molecule has 1 aromatic carbocycles. The van der Waals surface area contributed by atoms with Crippen LogP contribution in [0.5, 0.6) is 0 Å². The van der Waals surface area contributed by atoms with Crippen molar-refractivity contribution < 1.29 is 9.53 Å². The van der Waals surface area contributed by atoms with Gasteiger partial charge in [-0.15, -0.1) is 0 Å². The van der Waals surface area contributed by atoms with Gasteiger partial charge < -0.3 is 10.5 Å². The minimum Gasteiger partial charge on any atom is -0.399 e. The van der Waals surface area contributed by atoms with Crippen molar-refractivity contribution in [3.8, 4) is 0 Å². The van der Waals surface area contributed by atoms with E-state index in [0.717, 1.165) is 5.69 Å². The smallest absolute Gasteiger partial charge is 0.247 e. The van der Waals surface area contributed by atoms with E-state index >= 15 is 0 Å². The maximum atomic E-state index is 9.68. The third-order valence-electron chi connectivity index (χ3n) is 1.06. The van der Waals surface area contributed by atoms with Gasteiger partial charge >= 0.3 is 0 Å². The molecule has 13 heavy (non-hydrogen) atoms. The third-order valence-corrected chi connectivity index (χ3v) is 1.17. The number of ether oxygens (including phenoxy) is 1. The predicted octanol–water partition coefficient (Wildman–Crippen LogP) is 1.67. The van der Waals surface area contributed by atoms with Crippen LogP contribution in [0.3, 0.4) is 0 Å². The number of anilines is 1. The number of carbonyl (C=O) groups excluding carboxylic acids is 1. The Labute approximate surface area is 82.5 Å². The maximum Gasteiger partial charge on any atom is 0.247 e. The second-order valence-electron chi connectivity index (χ2n) is 2.20. The molecule has 0 amide bonds. The Morgan fingerprint density at radius 3 is 2.15 bits per heavy atom. The minimum atomic E-state index is -0.461. The van der Waals surface area contributed by atoms with Crippen LogP contribution in [0.25, 0.3) is 0 Å². The molecule has 1 aromatic rings. The summed E-state index contributed by atoms with van der Waals surface area (Å²) < 4.78 is 4.32. The Morgan fingerprint density at radius 2 is 2.00 bits per heavy atom. The lowest BCUT2D eigenvalue weighted by molar-refractivity contribution is -0.114. The summed E-state index contributed by atoms with van der Waals surface area (Å²) in [6, 6.07) is 9.49. The number of nitrogens with two attached hydrogens (primary N) is 1. The normalized spacial score (nSPS) is 8.46. The predicted molar refractivity (Wildman–Crippen MR) is 53.6 cm³/mol. The number of methoxy groups -OCH3 is 1. The fourth-order valence-corrected chi connectivity index (χ4v) is 0.676. The van der Waals surface area contributed by atoms with E-state index in [1.54, 1.807) is 0 Å². The molecule has 0 saturated heterocycles. The molecule has 0 aliphatic rings. The van der Waals surface area contributed by atoms with Crippen LogP contribution in [0, 0.1) is 0 Å². The summed E-state index contributed by atoms with van der Waals surface area (Å²) in [5.74, 6) is 0. The lowest BCUT2D eigenvalue weighted by Crippen LogP contribution is -1.95. The lowest BCUT2D eigenvalue weighted by atomic mass is 10.3. The van der Waals surface area contributed by atoms with Gasteiger partial charge in [0.25, 0.3) is 0 Å². The van der Waals surface area contributed by atoms with Crippen LogP contribution in [-0.4, -0.2) is 19.0 Å². The molecule has 0 aliphatic carbocycles. The zero-order valence-electron chi connectivity index (χ0n) is 7.37. The molecule has 0 aliphatic heterocycles. The second-order valence-corrected chi connectivity index (χ2v) is 2.62. The number of hydrogen-bond acceptors (Lipinski definition) is 3. The van der Waals surface area contributed by atoms with Crippen molar-refractivity contribution in [2.24, 2.45) is 0 Å². The second kappa shape index (κ2) is 7.58. The van der Waals surface area contributed by atoms with Crippen LogP contribution in [0.15, 0.2) is 30.3 Å². The average Bonchev–Trinajstić information content (AvgIpc) is 2.06. The molecule has 0 unspecified atom stereocenters. The first-order valence-electron chi connectivity index (χ1n) is 3.64. The van der Waals surface area contributed by atoms with Gasteiger partial charge in [-0.05, 0) is 23.7 Å². The summed E-state index contributed by atoms with van der Waals surface area (Å²) in [5, 5.41) is -0.461. The van der Waals surface area contributed by atoms with E-state index in [-0.39, 0.29) is 6.61 Å². The zero-order valence-corrected chi connectivity index (χ0v) is 8.12. The van der Waals surface area contributed by atoms with Crippen molar-refractivity contribution in [2.75, 3.05) is 19.5 Å². The van der Waals surface area contributed by atoms with Crippen LogP contribution < -0.4 is 5.73 Å². The molecule has 4 heteroatoms. The first kappa shape index (κ1) is 11.9. The highest BCUT2D eigenvalue weighted by molar-refractivity contribution is 6.63. The van der Waals surface area contributed by atoms with E-state index in [2.05, 4.69) is 4.74 Å². The molecule has 72 valence electrons. The van der Waals surface area contributed by atoms with E-state index in [1.807, 2.05) is 30.3 Å². The van der Waals surface area contributed by atoms with Crippen LogP contribution in [0.2, 0.25) is 0 Å². The molecule has 0 saturated carbocycles. The molecule has 0 aromatic heterocycles. The van der Waals surface area contributed by atoms with E-state index in [0.29, 0.717) is 0 Å². The summed E-state index contributed by atoms with van der Waals surface area (Å²) >= 11 is 4.81. The Kier molecular flexibility index (Phi) is 6.96. The molecule has 1 rings (SSSR count). The molecule has 0 bridgehead atoms. The molecule has 0 heterocycles. The molecule has 3 nitrogen and oxygen atoms in total. The molecule has 0 radical (unpaired) electrons. The van der Waals surface area contributed by atoms with Gasteiger partial charge in [0, 0.05) is 12.8 Å². The highest BCUT2D eigenvalue weighted by atomic mass is 35.5. The number of nitrogen functional groups attached to an aromatic ring is 1. The van der Waals surface area contributed by atoms with Crippen LogP contribution in [0.1, 0.15) is 0 Å². The van der Waals surface area contributed by atoms with Gasteiger partial charge in [-0.2, -0.15) is 0 Å². The van der Waals surface area contributed by atoms with Crippen molar-refractivity contribution in [1.29, 1.82) is 0 Å². The largest absolute Gasteiger partial charge is 0.399 e. The maximum absolute atomic E-state index is 9.68. The summed E-state index contributed by atoms with van der Waals surface area (Å²) in [5.41, 5.74) is 6.18. The van der Waals surface area contributed by atoms with E-state index in [9.17, 15) is 4.79 Å². The summed E-state index contributed by atoms with van der Waals surface area (Å²) in [6.45, 7) is 0.00154. The van der Waals surface area contributed by atoms with E-state index < -0.39 is 5.24 Å². The van der Waals surface area contributed by atoms with Gasteiger partial charge in [0.1, 0.15) is 6.61 Å². The highest BCUT2D eigenvalue weighted by Gasteiger charge is 1.87. The van der Waals surface area contributed by atoms with E-state index in [1.165, 1.54) is 7.11 Å². The molecular weight excluding hydrogens is 190 g/mol. The summed E-state index contributed by atoms with van der Waals surface area (Å²) in [4.78, 5) is 9.68. The molecule has 0 atom stereocenters. The molecule has 0 fully saturated rings. The number of rotatable bonds is 2. The molecule has 0 spiro atoms. The number of halogens is 1. The number of para-hydroxylation sites is 1. The summed E-state index contributed by atoms with van der Waals surface area (Å²) in [7, 11) is 1.42. The topological polar surface area (TPSA) is 52.3 Å². The van der Waals surface area contributed by atoms with Gasteiger partial charge in [-0.1, -0.05) is 18.2 Å². The molecular formula is C9H12ClNO2. The zero-order chi connectivity index (χ0) is 10.1. The standard InChI is InChI=1S/C6H7N.C3H5ClO2/c7-6-4-2-1-3-5-6;1-6-2-3(4)5/h1-5H,7H2;2H2,1H3. The van der Waals surface area contributed by atoms with E-state index in [4.69, 9.17) is 17.3 Å². The van der Waals surface area contributed by atoms with Crippen molar-refractivity contribution >= 4 is 22.5 Å². The first-order chi connectivity index (χ1) is 6.16. The Hall–Kier alpha value is -1.06.